The highest BCUT2D eigenvalue weighted by Gasteiger charge is 2.47. The van der Waals surface area contributed by atoms with E-state index in [2.05, 4.69) is 39.9 Å². The van der Waals surface area contributed by atoms with Gasteiger partial charge in [-0.3, -0.25) is 9.59 Å². The second-order valence-corrected chi connectivity index (χ2v) is 8.07. The van der Waals surface area contributed by atoms with Gasteiger partial charge in [-0.1, -0.05) is 41.0 Å². The molecule has 1 fully saturated rings. The van der Waals surface area contributed by atoms with E-state index < -0.39 is 5.60 Å². The van der Waals surface area contributed by atoms with E-state index in [0.717, 1.165) is 6.42 Å². The molecule has 5 nitrogen and oxygen atoms in total. The minimum atomic E-state index is -0.870. The molecule has 2 amide bonds. The Hall–Kier alpha value is -1.10. The van der Waals surface area contributed by atoms with Gasteiger partial charge >= 0.3 is 0 Å². The van der Waals surface area contributed by atoms with Crippen molar-refractivity contribution < 1.29 is 14.3 Å². The van der Waals surface area contributed by atoms with E-state index in [1.807, 2.05) is 6.92 Å². The summed E-state index contributed by atoms with van der Waals surface area (Å²) in [4.78, 5) is 25.9. The first-order chi connectivity index (χ1) is 11.0. The number of carbonyl (C=O) groups excluding carboxylic acids is 2. The van der Waals surface area contributed by atoms with Gasteiger partial charge in [0, 0.05) is 14.1 Å². The lowest BCUT2D eigenvalue weighted by molar-refractivity contribution is -0.192. The molecule has 0 bridgehead atoms. The van der Waals surface area contributed by atoms with Gasteiger partial charge in [0.2, 0.25) is 5.91 Å². The molecule has 1 saturated heterocycles. The van der Waals surface area contributed by atoms with Crippen molar-refractivity contribution in [1.82, 2.24) is 10.2 Å². The first-order valence-electron chi connectivity index (χ1n) is 9.19. The first-order valence-corrected chi connectivity index (χ1v) is 9.19. The molecule has 0 radical (unpaired) electrons. The quantitative estimate of drug-likeness (QED) is 0.809. The predicted molar refractivity (Wildman–Crippen MR) is 96.5 cm³/mol. The molecule has 1 aliphatic rings. The number of nitrogens with one attached hydrogen (secondary N) is 1. The van der Waals surface area contributed by atoms with Crippen molar-refractivity contribution in [3.05, 3.63) is 0 Å². The minimum Gasteiger partial charge on any atom is -0.362 e. The van der Waals surface area contributed by atoms with Crippen LogP contribution in [0, 0.1) is 23.7 Å². The molecule has 0 aromatic heterocycles. The first kappa shape index (κ1) is 20.9. The zero-order valence-corrected chi connectivity index (χ0v) is 16.7. The molecule has 0 aromatic carbocycles. The lowest BCUT2D eigenvalue weighted by Gasteiger charge is -2.47. The molecule has 6 atom stereocenters. The smallest absolute Gasteiger partial charge is 0.252 e. The van der Waals surface area contributed by atoms with Gasteiger partial charge in [0.25, 0.3) is 5.91 Å². The molecule has 24 heavy (non-hydrogen) atoms. The second kappa shape index (κ2) is 8.32. The van der Waals surface area contributed by atoms with Crippen LogP contribution in [0.2, 0.25) is 0 Å². The van der Waals surface area contributed by atoms with Crippen LogP contribution in [0.4, 0.5) is 0 Å². The maximum Gasteiger partial charge on any atom is 0.252 e. The standard InChI is InChI=1S/C19H36N2O3/c1-9-12(2)14(4)17-15(5)13(3)10-19(6,24-17)18(23)20-11-16(22)21(7)8/h12-15,17H,9-11H2,1-8H3,(H,20,23). The Balaban J connectivity index is 2.85. The Kier molecular flexibility index (Phi) is 7.26. The number of carbonyl (C=O) groups is 2. The van der Waals surface area contributed by atoms with Gasteiger partial charge in [-0.2, -0.15) is 0 Å². The highest BCUT2D eigenvalue weighted by atomic mass is 16.5. The molecule has 1 N–H and O–H groups in total. The molecule has 6 unspecified atom stereocenters. The van der Waals surface area contributed by atoms with E-state index in [9.17, 15) is 9.59 Å². The SMILES string of the molecule is CCC(C)C(C)C1OC(C)(C(=O)NCC(=O)N(C)C)CC(C)C1C. The number of amides is 2. The summed E-state index contributed by atoms with van der Waals surface area (Å²) in [7, 11) is 3.36. The number of likely N-dealkylation sites (N-methyl/N-ethyl adjacent to an activating group) is 1. The number of nitrogens with zero attached hydrogens (tertiary/aromatic N) is 1. The average molecular weight is 341 g/mol. The van der Waals surface area contributed by atoms with Gasteiger partial charge in [0.05, 0.1) is 12.6 Å². The molecule has 140 valence electrons. The monoisotopic (exact) mass is 340 g/mol. The summed E-state index contributed by atoms with van der Waals surface area (Å²) in [6, 6.07) is 0. The van der Waals surface area contributed by atoms with Crippen LogP contribution < -0.4 is 5.32 Å². The molecule has 5 heteroatoms. The molecule has 1 rings (SSSR count). The molecule has 0 aromatic rings. The summed E-state index contributed by atoms with van der Waals surface area (Å²) in [6.45, 7) is 13.0. The van der Waals surface area contributed by atoms with Crippen LogP contribution in [0.1, 0.15) is 54.4 Å². The summed E-state index contributed by atoms with van der Waals surface area (Å²) < 4.78 is 6.36. The van der Waals surface area contributed by atoms with E-state index >= 15 is 0 Å². The number of hydrogen-bond acceptors (Lipinski definition) is 3. The van der Waals surface area contributed by atoms with Crippen molar-refractivity contribution in [3.8, 4) is 0 Å². The average Bonchev–Trinajstić information content (AvgIpc) is 2.53. The largest absolute Gasteiger partial charge is 0.362 e. The van der Waals surface area contributed by atoms with Crippen molar-refractivity contribution >= 4 is 11.8 Å². The Labute approximate surface area is 147 Å². The summed E-state index contributed by atoms with van der Waals surface area (Å²) >= 11 is 0. The van der Waals surface area contributed by atoms with Gasteiger partial charge in [-0.05, 0) is 37.0 Å². The normalized spacial score (nSPS) is 32.8. The fraction of sp³-hybridized carbons (Fsp3) is 0.895. The molecular weight excluding hydrogens is 304 g/mol. The third-order valence-electron chi connectivity index (χ3n) is 5.96. The maximum atomic E-state index is 12.7. The molecule has 0 saturated carbocycles. The second-order valence-electron chi connectivity index (χ2n) is 8.07. The summed E-state index contributed by atoms with van der Waals surface area (Å²) in [5, 5.41) is 2.76. The number of rotatable bonds is 6. The predicted octanol–water partition coefficient (Wildman–Crippen LogP) is 2.69. The van der Waals surface area contributed by atoms with Crippen LogP contribution in [-0.2, 0) is 14.3 Å². The zero-order chi connectivity index (χ0) is 18.7. The summed E-state index contributed by atoms with van der Waals surface area (Å²) in [6.07, 6.45) is 1.84. The third kappa shape index (κ3) is 4.71. The zero-order valence-electron chi connectivity index (χ0n) is 16.7. The molecule has 0 spiro atoms. The van der Waals surface area contributed by atoms with Crippen LogP contribution in [0.15, 0.2) is 0 Å². The fourth-order valence-corrected chi connectivity index (χ4v) is 3.51. The van der Waals surface area contributed by atoms with Crippen LogP contribution in [0.3, 0.4) is 0 Å². The van der Waals surface area contributed by atoms with Crippen molar-refractivity contribution in [2.45, 2.75) is 66.1 Å². The van der Waals surface area contributed by atoms with E-state index in [1.165, 1.54) is 4.90 Å². The Morgan fingerprint density at radius 2 is 1.88 bits per heavy atom. The number of hydrogen-bond donors (Lipinski definition) is 1. The van der Waals surface area contributed by atoms with Gasteiger partial charge in [-0.15, -0.1) is 0 Å². The molecule has 1 aliphatic heterocycles. The summed E-state index contributed by atoms with van der Waals surface area (Å²) in [5.41, 5.74) is -0.870. The van der Waals surface area contributed by atoms with E-state index in [4.69, 9.17) is 4.74 Å². The topological polar surface area (TPSA) is 58.6 Å². The van der Waals surface area contributed by atoms with Crippen molar-refractivity contribution in [1.29, 1.82) is 0 Å². The maximum absolute atomic E-state index is 12.7. The van der Waals surface area contributed by atoms with Gasteiger partial charge in [0.15, 0.2) is 0 Å². The Morgan fingerprint density at radius 1 is 1.29 bits per heavy atom. The minimum absolute atomic E-state index is 0.0142. The van der Waals surface area contributed by atoms with Gasteiger partial charge < -0.3 is 15.0 Å². The fourth-order valence-electron chi connectivity index (χ4n) is 3.51. The van der Waals surface area contributed by atoms with Crippen LogP contribution >= 0.6 is 0 Å². The Bertz CT molecular complexity index is 452. The van der Waals surface area contributed by atoms with Crippen LogP contribution in [-0.4, -0.2) is 49.1 Å². The number of ether oxygens (including phenoxy) is 1. The molecular formula is C19H36N2O3. The van der Waals surface area contributed by atoms with E-state index in [-0.39, 0.29) is 24.5 Å². The van der Waals surface area contributed by atoms with Gasteiger partial charge in [-0.25, -0.2) is 0 Å². The van der Waals surface area contributed by atoms with Crippen molar-refractivity contribution in [2.75, 3.05) is 20.6 Å². The van der Waals surface area contributed by atoms with Gasteiger partial charge in [0.1, 0.15) is 5.60 Å². The van der Waals surface area contributed by atoms with Crippen LogP contribution in [0.5, 0.6) is 0 Å². The van der Waals surface area contributed by atoms with Crippen LogP contribution in [0.25, 0.3) is 0 Å². The third-order valence-corrected chi connectivity index (χ3v) is 5.96. The lowest BCUT2D eigenvalue weighted by Crippen LogP contribution is -2.57. The van der Waals surface area contributed by atoms with Crippen molar-refractivity contribution in [2.24, 2.45) is 23.7 Å². The highest BCUT2D eigenvalue weighted by Crippen LogP contribution is 2.41. The van der Waals surface area contributed by atoms with E-state index in [0.29, 0.717) is 30.1 Å². The highest BCUT2D eigenvalue weighted by molar-refractivity contribution is 5.89. The van der Waals surface area contributed by atoms with E-state index in [1.54, 1.807) is 14.1 Å². The Morgan fingerprint density at radius 3 is 2.38 bits per heavy atom. The molecule has 1 heterocycles. The summed E-state index contributed by atoms with van der Waals surface area (Å²) in [5.74, 6) is 1.45. The van der Waals surface area contributed by atoms with Crippen molar-refractivity contribution in [3.63, 3.8) is 0 Å². The lowest BCUT2D eigenvalue weighted by atomic mass is 9.72. The molecule has 0 aliphatic carbocycles.